The molecule has 2 atom stereocenters. The average molecular weight is 334 g/mol. The summed E-state index contributed by atoms with van der Waals surface area (Å²) in [5, 5.41) is 10.6. The third-order valence-electron chi connectivity index (χ3n) is 2.46. The number of benzene rings is 1. The van der Waals surface area contributed by atoms with Crippen LogP contribution in [0.1, 0.15) is 22.8 Å². The van der Waals surface area contributed by atoms with E-state index in [2.05, 4.69) is 40.1 Å². The van der Waals surface area contributed by atoms with Gasteiger partial charge in [0, 0.05) is 23.8 Å². The molecule has 2 N–H and O–H groups in total. The number of hydrogen-bond donors (Lipinski definition) is 2. The lowest BCUT2D eigenvalue weighted by molar-refractivity contribution is 0.415. The van der Waals surface area contributed by atoms with Gasteiger partial charge in [-0.3, -0.25) is 0 Å². The van der Waals surface area contributed by atoms with Crippen LogP contribution >= 0.6 is 28.4 Å². The summed E-state index contributed by atoms with van der Waals surface area (Å²) in [5.74, 6) is 0. The fourth-order valence-corrected chi connectivity index (χ4v) is 2.79. The molecular weight excluding hydrogens is 322 g/mol. The molecule has 1 aliphatic rings. The van der Waals surface area contributed by atoms with E-state index in [1.54, 1.807) is 0 Å². The van der Waals surface area contributed by atoms with Crippen LogP contribution < -0.4 is 5.09 Å². The predicted molar refractivity (Wildman–Crippen MR) is 73.7 cm³/mol. The van der Waals surface area contributed by atoms with Crippen LogP contribution in [-0.4, -0.2) is 12.8 Å². The summed E-state index contributed by atoms with van der Waals surface area (Å²) in [7, 11) is 0. The first-order valence-electron chi connectivity index (χ1n) is 4.64. The highest BCUT2D eigenvalue weighted by atomic mass is 127. The number of aryl methyl sites for hydroxylation is 1. The quantitative estimate of drug-likeness (QED) is 0.384. The van der Waals surface area contributed by atoms with Crippen LogP contribution in [0.2, 0.25) is 0 Å². The molecule has 1 heterocycles. The van der Waals surface area contributed by atoms with Gasteiger partial charge in [0.15, 0.2) is 0 Å². The molecule has 5 heteroatoms. The van der Waals surface area contributed by atoms with Gasteiger partial charge in [0.1, 0.15) is 6.10 Å². The smallest absolute Gasteiger partial charge is 0.106 e. The summed E-state index contributed by atoms with van der Waals surface area (Å²) in [5.41, 5.74) is 4.44. The van der Waals surface area contributed by atoms with Crippen molar-refractivity contribution in [2.24, 2.45) is 0 Å². The Morgan fingerprint density at radius 3 is 2.93 bits per heavy atom. The fraction of sp³-hybridized carbons (Fsp3) is 0.300. The van der Waals surface area contributed by atoms with Crippen LogP contribution in [0.5, 0.6) is 0 Å². The summed E-state index contributed by atoms with van der Waals surface area (Å²) >= 11 is 2.29. The maximum atomic E-state index is 7.36. The Bertz CT molecular complexity index is 393. The van der Waals surface area contributed by atoms with Gasteiger partial charge in [0.05, 0.1) is 6.61 Å². The van der Waals surface area contributed by atoms with Crippen molar-refractivity contribution in [3.8, 4) is 0 Å². The summed E-state index contributed by atoms with van der Waals surface area (Å²) < 4.78 is 5.30. The van der Waals surface area contributed by atoms with E-state index >= 15 is 0 Å². The zero-order chi connectivity index (χ0) is 10.8. The van der Waals surface area contributed by atoms with E-state index in [0.29, 0.717) is 6.37 Å². The molecule has 3 nitrogen and oxygen atoms in total. The van der Waals surface area contributed by atoms with Gasteiger partial charge in [0.25, 0.3) is 0 Å². The predicted octanol–water partition coefficient (Wildman–Crippen LogP) is 3.42. The maximum absolute atomic E-state index is 7.36. The van der Waals surface area contributed by atoms with Crippen molar-refractivity contribution in [1.82, 2.24) is 0 Å². The maximum Gasteiger partial charge on any atom is 0.106 e. The average Bonchev–Trinajstić information content (AvgIpc) is 3.04. The van der Waals surface area contributed by atoms with E-state index < -0.39 is 0 Å². The van der Waals surface area contributed by atoms with E-state index in [-0.39, 0.29) is 6.10 Å². The SMILES string of the molecule is Cc1cc(C=N)c(NPI)cc1C1CO1. The highest BCUT2D eigenvalue weighted by molar-refractivity contribution is 14.2. The molecule has 80 valence electrons. The molecule has 0 spiro atoms. The molecule has 1 saturated heterocycles. The monoisotopic (exact) mass is 334 g/mol. The van der Waals surface area contributed by atoms with Crippen molar-refractivity contribution in [3.63, 3.8) is 0 Å². The third kappa shape index (κ3) is 2.49. The number of anilines is 1. The minimum Gasteiger partial charge on any atom is -0.368 e. The molecule has 0 aliphatic carbocycles. The number of halogens is 1. The van der Waals surface area contributed by atoms with E-state index in [9.17, 15) is 0 Å². The Morgan fingerprint density at radius 2 is 2.40 bits per heavy atom. The van der Waals surface area contributed by atoms with Crippen molar-refractivity contribution in [1.29, 1.82) is 5.41 Å². The zero-order valence-electron chi connectivity index (χ0n) is 8.30. The normalized spacial score (nSPS) is 19.5. The van der Waals surface area contributed by atoms with Gasteiger partial charge < -0.3 is 15.2 Å². The largest absolute Gasteiger partial charge is 0.368 e. The summed E-state index contributed by atoms with van der Waals surface area (Å²) in [6.07, 6.45) is 2.29. The lowest BCUT2D eigenvalue weighted by atomic mass is 10.0. The molecule has 2 unspecified atom stereocenters. The number of ether oxygens (including phenoxy) is 1. The topological polar surface area (TPSA) is 48.4 Å². The molecule has 1 aliphatic heterocycles. The Balaban J connectivity index is 2.41. The number of epoxide rings is 1. The molecule has 0 amide bonds. The van der Waals surface area contributed by atoms with Crippen LogP contribution in [0.4, 0.5) is 5.69 Å². The van der Waals surface area contributed by atoms with Crippen LogP contribution in [0.25, 0.3) is 0 Å². The first-order valence-corrected chi connectivity index (χ1v) is 8.76. The second-order valence-corrected chi connectivity index (χ2v) is 5.54. The van der Waals surface area contributed by atoms with Gasteiger partial charge >= 0.3 is 0 Å². The van der Waals surface area contributed by atoms with Crippen molar-refractivity contribution in [2.45, 2.75) is 13.0 Å². The second-order valence-electron chi connectivity index (χ2n) is 3.48. The summed E-state index contributed by atoms with van der Waals surface area (Å²) in [4.78, 5) is 0. The van der Waals surface area contributed by atoms with Gasteiger partial charge in [-0.1, -0.05) is 0 Å². The van der Waals surface area contributed by atoms with Crippen molar-refractivity contribution < 1.29 is 4.74 Å². The molecule has 15 heavy (non-hydrogen) atoms. The van der Waals surface area contributed by atoms with Gasteiger partial charge in [-0.05, 0) is 52.2 Å². The van der Waals surface area contributed by atoms with Crippen molar-refractivity contribution in [3.05, 3.63) is 28.8 Å². The van der Waals surface area contributed by atoms with Gasteiger partial charge in [0.2, 0.25) is 0 Å². The number of nitrogens with one attached hydrogen (secondary N) is 2. The van der Waals surface area contributed by atoms with Crippen LogP contribution in [0.3, 0.4) is 0 Å². The Labute approximate surface area is 104 Å². The minimum absolute atomic E-state index is 0.280. The number of rotatable bonds is 4. The van der Waals surface area contributed by atoms with Gasteiger partial charge in [-0.2, -0.15) is 0 Å². The Hall–Kier alpha value is -0.190. The Kier molecular flexibility index (Phi) is 3.59. The first-order chi connectivity index (χ1) is 7.26. The van der Waals surface area contributed by atoms with Gasteiger partial charge in [-0.15, -0.1) is 0 Å². The van der Waals surface area contributed by atoms with E-state index in [1.807, 2.05) is 6.07 Å². The molecule has 1 aromatic carbocycles. The van der Waals surface area contributed by atoms with Crippen LogP contribution in [-0.2, 0) is 4.74 Å². The number of hydrogen-bond acceptors (Lipinski definition) is 3. The molecule has 1 fully saturated rings. The first kappa shape index (κ1) is 11.3. The standard InChI is InChI=1S/C10H12IN2OP/c1-6-2-7(4-12)9(13-15-11)3-8(6)10-5-14-10/h2-4,10,12-13,15H,5H2,1H3. The second kappa shape index (κ2) is 4.76. The lowest BCUT2D eigenvalue weighted by Gasteiger charge is -2.11. The summed E-state index contributed by atoms with van der Waals surface area (Å²) in [6, 6.07) is 4.15. The molecule has 0 bridgehead atoms. The highest BCUT2D eigenvalue weighted by Crippen LogP contribution is 2.36. The molecule has 0 radical (unpaired) electrons. The Morgan fingerprint density at radius 1 is 1.67 bits per heavy atom. The molecule has 2 rings (SSSR count). The lowest BCUT2D eigenvalue weighted by Crippen LogP contribution is -1.96. The molecule has 0 saturated carbocycles. The van der Waals surface area contributed by atoms with Gasteiger partial charge in [-0.25, -0.2) is 0 Å². The van der Waals surface area contributed by atoms with Crippen LogP contribution in [0.15, 0.2) is 12.1 Å². The fourth-order valence-electron chi connectivity index (χ4n) is 1.60. The van der Waals surface area contributed by atoms with Crippen molar-refractivity contribution in [2.75, 3.05) is 11.7 Å². The summed E-state index contributed by atoms with van der Waals surface area (Å²) in [6.45, 7) is 2.90. The molecular formula is C10H12IN2OP. The van der Waals surface area contributed by atoms with E-state index in [0.717, 1.165) is 17.9 Å². The van der Waals surface area contributed by atoms with Crippen LogP contribution in [0, 0.1) is 12.3 Å². The minimum atomic E-state index is 0.280. The van der Waals surface area contributed by atoms with E-state index in [1.165, 1.54) is 17.3 Å². The van der Waals surface area contributed by atoms with Crippen molar-refractivity contribution >= 4 is 40.3 Å². The van der Waals surface area contributed by atoms with E-state index in [4.69, 9.17) is 10.1 Å². The molecule has 0 aromatic heterocycles. The molecule has 1 aromatic rings. The zero-order valence-corrected chi connectivity index (χ0v) is 11.5. The third-order valence-corrected chi connectivity index (χ3v) is 3.63. The highest BCUT2D eigenvalue weighted by Gasteiger charge is 2.27.